The van der Waals surface area contributed by atoms with E-state index in [1.54, 1.807) is 43.3 Å². The molecular weight excluding hydrogens is 710 g/mol. The first-order valence-electron chi connectivity index (χ1n) is 18.2. The van der Waals surface area contributed by atoms with E-state index in [-0.39, 0.29) is 62.4 Å². The van der Waals surface area contributed by atoms with E-state index >= 15 is 0 Å². The number of carboxylic acids is 1. The number of ether oxygens (including phenoxy) is 5. The highest BCUT2D eigenvalue weighted by Crippen LogP contribution is 2.41. The van der Waals surface area contributed by atoms with Gasteiger partial charge in [-0.05, 0) is 112 Å². The third kappa shape index (κ3) is 15.4. The Balaban J connectivity index is 0.000000286. The Hall–Kier alpha value is -3.52. The first-order chi connectivity index (χ1) is 25.1. The van der Waals surface area contributed by atoms with Crippen molar-refractivity contribution in [1.29, 1.82) is 0 Å². The number of alkyl halides is 6. The Morgan fingerprint density at radius 3 is 1.30 bits per heavy atom. The number of methoxy groups -OCH3 is 1. The van der Waals surface area contributed by atoms with E-state index < -0.39 is 36.3 Å². The topological polar surface area (TPSA) is 101 Å². The summed E-state index contributed by atoms with van der Waals surface area (Å²) in [6.45, 7) is 5.36. The first-order valence-corrected chi connectivity index (χ1v) is 18.2. The van der Waals surface area contributed by atoms with Crippen LogP contribution >= 0.6 is 0 Å². The third-order valence-corrected chi connectivity index (χ3v) is 9.77. The molecule has 2 saturated carbocycles. The number of halogens is 6. The van der Waals surface area contributed by atoms with Gasteiger partial charge in [0.1, 0.15) is 11.5 Å². The van der Waals surface area contributed by atoms with Crippen LogP contribution in [0.3, 0.4) is 0 Å². The molecule has 0 heterocycles. The Kier molecular flexibility index (Phi) is 17.7. The SMILES string of the molecule is CCO[C@@H](CC(=O)O)c1ccc(OCC2CCC(C(F)(F)F)CC2)cc1.CCO[C@@H](CC(=O)OC)c1ccc(OCC2CCC(C(F)(F)F)CC2)cc1. The molecule has 2 fully saturated rings. The number of hydrogen-bond donors (Lipinski definition) is 1. The average Bonchev–Trinajstić information content (AvgIpc) is 3.13. The van der Waals surface area contributed by atoms with Crippen molar-refractivity contribution in [2.24, 2.45) is 23.7 Å². The molecule has 0 radical (unpaired) electrons. The molecule has 0 spiro atoms. The first kappa shape index (κ1) is 43.9. The molecule has 0 unspecified atom stereocenters. The molecule has 53 heavy (non-hydrogen) atoms. The van der Waals surface area contributed by atoms with Crippen LogP contribution in [0.15, 0.2) is 48.5 Å². The van der Waals surface area contributed by atoms with Gasteiger partial charge in [0, 0.05) is 13.2 Å². The average molecular weight is 763 g/mol. The largest absolute Gasteiger partial charge is 0.493 e. The number of carboxylic acid groups (broad SMARTS) is 1. The Morgan fingerprint density at radius 2 is 1.00 bits per heavy atom. The van der Waals surface area contributed by atoms with Gasteiger partial charge >= 0.3 is 24.3 Å². The molecule has 1 N–H and O–H groups in total. The Bertz CT molecular complexity index is 1350. The third-order valence-electron chi connectivity index (χ3n) is 9.77. The molecule has 0 amide bonds. The molecule has 0 saturated heterocycles. The molecule has 14 heteroatoms. The number of carbonyl (C=O) groups is 2. The van der Waals surface area contributed by atoms with Crippen molar-refractivity contribution in [1.82, 2.24) is 0 Å². The van der Waals surface area contributed by atoms with E-state index in [1.165, 1.54) is 7.11 Å². The predicted octanol–water partition coefficient (Wildman–Crippen LogP) is 10.1. The van der Waals surface area contributed by atoms with Gasteiger partial charge in [0.2, 0.25) is 0 Å². The number of benzene rings is 2. The molecule has 2 atom stereocenters. The minimum atomic E-state index is -4.09. The summed E-state index contributed by atoms with van der Waals surface area (Å²) in [5, 5.41) is 8.95. The fourth-order valence-corrected chi connectivity index (χ4v) is 6.64. The molecule has 8 nitrogen and oxygen atoms in total. The standard InChI is InChI=1S/C20H27F3O4.C19H25F3O4/c1-3-26-18(12-19(24)25-2)15-6-10-17(11-7-15)27-13-14-4-8-16(9-5-14)20(21,22)23;1-2-25-17(11-18(23)24)14-5-9-16(10-6-14)26-12-13-3-7-15(8-4-13)19(20,21)22/h6-7,10-11,14,16,18H,3-5,8-9,12-13H2,1-2H3;5-6,9-10,13,15,17H,2-4,7-8,11-12H2,1H3,(H,23,24)/t14?,16?,18-;13?,15?,17-/m00/s1. The van der Waals surface area contributed by atoms with Crippen molar-refractivity contribution in [3.8, 4) is 11.5 Å². The van der Waals surface area contributed by atoms with Crippen LogP contribution in [0.2, 0.25) is 0 Å². The van der Waals surface area contributed by atoms with Gasteiger partial charge < -0.3 is 28.8 Å². The highest BCUT2D eigenvalue weighted by Gasteiger charge is 2.42. The van der Waals surface area contributed by atoms with Crippen LogP contribution in [0.1, 0.15) is 101 Å². The second-order valence-electron chi connectivity index (χ2n) is 13.5. The zero-order valence-corrected chi connectivity index (χ0v) is 30.6. The quantitative estimate of drug-likeness (QED) is 0.133. The van der Waals surface area contributed by atoms with Crippen molar-refractivity contribution in [3.05, 3.63) is 59.7 Å². The maximum absolute atomic E-state index is 12.7. The molecule has 2 aliphatic rings. The highest BCUT2D eigenvalue weighted by molar-refractivity contribution is 5.70. The fraction of sp³-hybridized carbons (Fsp3) is 0.641. The zero-order valence-electron chi connectivity index (χ0n) is 30.6. The Labute approximate surface area is 307 Å². The van der Waals surface area contributed by atoms with Crippen molar-refractivity contribution in [2.45, 2.75) is 103 Å². The van der Waals surface area contributed by atoms with Gasteiger partial charge in [-0.25, -0.2) is 0 Å². The lowest BCUT2D eigenvalue weighted by Crippen LogP contribution is -2.29. The molecular formula is C39H52F6O8. The van der Waals surface area contributed by atoms with Gasteiger partial charge in [0.25, 0.3) is 0 Å². The smallest absolute Gasteiger partial charge is 0.391 e. The summed E-state index contributed by atoms with van der Waals surface area (Å²) < 4.78 is 103. The van der Waals surface area contributed by atoms with Crippen LogP contribution in [0.25, 0.3) is 0 Å². The molecule has 2 aromatic rings. The van der Waals surface area contributed by atoms with E-state index in [4.69, 9.17) is 28.8 Å². The van der Waals surface area contributed by atoms with Crippen LogP contribution in [0, 0.1) is 23.7 Å². The van der Waals surface area contributed by atoms with Crippen molar-refractivity contribution >= 4 is 11.9 Å². The van der Waals surface area contributed by atoms with Crippen molar-refractivity contribution in [3.63, 3.8) is 0 Å². The molecule has 2 aliphatic carbocycles. The van der Waals surface area contributed by atoms with Gasteiger partial charge in [-0.2, -0.15) is 26.3 Å². The normalized spacial score (nSPS) is 21.8. The number of aliphatic carboxylic acids is 1. The molecule has 0 aliphatic heterocycles. The Morgan fingerprint density at radius 1 is 0.642 bits per heavy atom. The van der Waals surface area contributed by atoms with Crippen molar-refractivity contribution < 1.29 is 64.7 Å². The molecule has 0 aromatic heterocycles. The summed E-state index contributed by atoms with van der Waals surface area (Å²) >= 11 is 0. The number of hydrogen-bond acceptors (Lipinski definition) is 7. The second-order valence-corrected chi connectivity index (χ2v) is 13.5. The maximum Gasteiger partial charge on any atom is 0.391 e. The summed E-state index contributed by atoms with van der Waals surface area (Å²) in [4.78, 5) is 22.4. The molecule has 4 rings (SSSR count). The maximum atomic E-state index is 12.7. The van der Waals surface area contributed by atoms with Gasteiger partial charge in [-0.3, -0.25) is 9.59 Å². The zero-order chi connectivity index (χ0) is 39.0. The monoisotopic (exact) mass is 762 g/mol. The lowest BCUT2D eigenvalue weighted by atomic mass is 9.82. The van der Waals surface area contributed by atoms with Crippen LogP contribution in [-0.4, -0.2) is 62.9 Å². The second kappa shape index (κ2) is 21.4. The summed E-state index contributed by atoms with van der Waals surface area (Å²) in [5.41, 5.74) is 1.60. The fourth-order valence-electron chi connectivity index (χ4n) is 6.64. The minimum absolute atomic E-state index is 0.115. The highest BCUT2D eigenvalue weighted by atomic mass is 19.4. The van der Waals surface area contributed by atoms with Gasteiger partial charge in [0.05, 0.1) is 57.2 Å². The lowest BCUT2D eigenvalue weighted by molar-refractivity contribution is -0.185. The lowest BCUT2D eigenvalue weighted by Gasteiger charge is -2.29. The summed E-state index contributed by atoms with van der Waals surface area (Å²) in [6.07, 6.45) is -6.23. The number of esters is 1. The van der Waals surface area contributed by atoms with Crippen LogP contribution < -0.4 is 9.47 Å². The molecule has 298 valence electrons. The van der Waals surface area contributed by atoms with Crippen molar-refractivity contribution in [2.75, 3.05) is 33.5 Å². The number of carbonyl (C=O) groups excluding carboxylic acids is 1. The number of rotatable bonds is 16. The minimum Gasteiger partial charge on any atom is -0.493 e. The summed E-state index contributed by atoms with van der Waals surface area (Å²) in [6, 6.07) is 14.3. The van der Waals surface area contributed by atoms with Gasteiger partial charge in [-0.1, -0.05) is 24.3 Å². The molecule has 0 bridgehead atoms. The van der Waals surface area contributed by atoms with E-state index in [0.717, 1.165) is 11.1 Å². The molecule has 2 aromatic carbocycles. The van der Waals surface area contributed by atoms with Crippen LogP contribution in [0.4, 0.5) is 26.3 Å². The van der Waals surface area contributed by atoms with E-state index in [2.05, 4.69) is 0 Å². The van der Waals surface area contributed by atoms with Gasteiger partial charge in [0.15, 0.2) is 0 Å². The van der Waals surface area contributed by atoms with E-state index in [1.807, 2.05) is 19.1 Å². The van der Waals surface area contributed by atoms with E-state index in [0.29, 0.717) is 63.6 Å². The predicted molar refractivity (Wildman–Crippen MR) is 184 cm³/mol. The van der Waals surface area contributed by atoms with Crippen LogP contribution in [-0.2, 0) is 23.8 Å². The summed E-state index contributed by atoms with van der Waals surface area (Å²) in [7, 11) is 1.34. The van der Waals surface area contributed by atoms with Crippen LogP contribution in [0.5, 0.6) is 11.5 Å². The van der Waals surface area contributed by atoms with Gasteiger partial charge in [-0.15, -0.1) is 0 Å². The summed E-state index contributed by atoms with van der Waals surface area (Å²) in [5.74, 6) is -2.06. The van der Waals surface area contributed by atoms with E-state index in [9.17, 15) is 35.9 Å².